The zero-order chi connectivity index (χ0) is 15.9. The SMILES string of the molecule is O=C(O)[C@@H]1CN(C(=O)[C@@H]2C[C@@H]2c2cc(F)ccc2F)CCO1. The van der Waals surface area contributed by atoms with Crippen LogP contribution in [0.3, 0.4) is 0 Å². The summed E-state index contributed by atoms with van der Waals surface area (Å²) in [6.45, 7) is 0.467. The summed E-state index contributed by atoms with van der Waals surface area (Å²) in [5.74, 6) is -3.14. The van der Waals surface area contributed by atoms with E-state index in [0.29, 0.717) is 13.0 Å². The molecule has 1 aromatic rings. The lowest BCUT2D eigenvalue weighted by Gasteiger charge is -2.31. The van der Waals surface area contributed by atoms with Crippen LogP contribution in [0.2, 0.25) is 0 Å². The number of benzene rings is 1. The Morgan fingerprint density at radius 1 is 1.32 bits per heavy atom. The summed E-state index contributed by atoms with van der Waals surface area (Å²) >= 11 is 0. The van der Waals surface area contributed by atoms with Crippen LogP contribution < -0.4 is 0 Å². The van der Waals surface area contributed by atoms with Crippen molar-refractivity contribution in [2.75, 3.05) is 19.7 Å². The van der Waals surface area contributed by atoms with Crippen molar-refractivity contribution < 1.29 is 28.2 Å². The van der Waals surface area contributed by atoms with Crippen LogP contribution in [0.4, 0.5) is 8.78 Å². The van der Waals surface area contributed by atoms with Crippen molar-refractivity contribution in [3.8, 4) is 0 Å². The van der Waals surface area contributed by atoms with Gasteiger partial charge in [0.1, 0.15) is 11.6 Å². The van der Waals surface area contributed by atoms with Gasteiger partial charge < -0.3 is 14.7 Å². The van der Waals surface area contributed by atoms with Gasteiger partial charge in [-0.3, -0.25) is 4.79 Å². The van der Waals surface area contributed by atoms with E-state index in [1.807, 2.05) is 0 Å². The monoisotopic (exact) mass is 311 g/mol. The molecule has 0 radical (unpaired) electrons. The highest BCUT2D eigenvalue weighted by molar-refractivity contribution is 5.84. The van der Waals surface area contributed by atoms with E-state index in [-0.39, 0.29) is 30.5 Å². The molecule has 1 aliphatic carbocycles. The molecule has 1 heterocycles. The number of nitrogens with zero attached hydrogens (tertiary/aromatic N) is 1. The van der Waals surface area contributed by atoms with Crippen molar-refractivity contribution in [1.29, 1.82) is 0 Å². The quantitative estimate of drug-likeness (QED) is 0.916. The third kappa shape index (κ3) is 2.81. The Morgan fingerprint density at radius 3 is 2.82 bits per heavy atom. The summed E-state index contributed by atoms with van der Waals surface area (Å²) in [4.78, 5) is 24.7. The van der Waals surface area contributed by atoms with Crippen molar-refractivity contribution in [2.45, 2.75) is 18.4 Å². The Hall–Kier alpha value is -2.02. The molecule has 0 unspecified atom stereocenters. The van der Waals surface area contributed by atoms with Gasteiger partial charge in [-0.15, -0.1) is 0 Å². The molecule has 2 aliphatic rings. The molecule has 1 amide bonds. The number of morpholine rings is 1. The van der Waals surface area contributed by atoms with Crippen LogP contribution in [0.15, 0.2) is 18.2 Å². The molecular formula is C15H15F2NO4. The average Bonchev–Trinajstić information content (AvgIpc) is 3.29. The van der Waals surface area contributed by atoms with E-state index in [4.69, 9.17) is 9.84 Å². The van der Waals surface area contributed by atoms with E-state index in [1.165, 1.54) is 4.90 Å². The maximum atomic E-state index is 13.7. The number of amides is 1. The molecule has 0 bridgehead atoms. The van der Waals surface area contributed by atoms with Gasteiger partial charge >= 0.3 is 5.97 Å². The molecule has 5 nitrogen and oxygen atoms in total. The Labute approximate surface area is 125 Å². The first-order valence-corrected chi connectivity index (χ1v) is 7.05. The molecule has 1 aromatic carbocycles. The molecule has 118 valence electrons. The second-order valence-electron chi connectivity index (χ2n) is 5.60. The lowest BCUT2D eigenvalue weighted by molar-refractivity contribution is -0.159. The van der Waals surface area contributed by atoms with Crippen molar-refractivity contribution in [1.82, 2.24) is 4.90 Å². The maximum absolute atomic E-state index is 13.7. The average molecular weight is 311 g/mol. The maximum Gasteiger partial charge on any atom is 0.334 e. The van der Waals surface area contributed by atoms with E-state index >= 15 is 0 Å². The number of hydrogen-bond acceptors (Lipinski definition) is 3. The van der Waals surface area contributed by atoms with Crippen molar-refractivity contribution in [2.24, 2.45) is 5.92 Å². The number of halogens is 2. The Kier molecular flexibility index (Phi) is 3.82. The molecule has 0 aromatic heterocycles. The Balaban J connectivity index is 1.67. The molecule has 1 aliphatic heterocycles. The third-order valence-corrected chi connectivity index (χ3v) is 4.12. The van der Waals surface area contributed by atoms with Crippen LogP contribution >= 0.6 is 0 Å². The number of carbonyl (C=O) groups is 2. The van der Waals surface area contributed by atoms with Crippen molar-refractivity contribution in [3.05, 3.63) is 35.4 Å². The number of carboxylic acids is 1. The fourth-order valence-corrected chi connectivity index (χ4v) is 2.84. The van der Waals surface area contributed by atoms with E-state index < -0.39 is 29.6 Å². The summed E-state index contributed by atoms with van der Waals surface area (Å²) in [5, 5.41) is 8.93. The van der Waals surface area contributed by atoms with Gasteiger partial charge in [-0.2, -0.15) is 0 Å². The first-order valence-electron chi connectivity index (χ1n) is 7.05. The van der Waals surface area contributed by atoms with Gasteiger partial charge in [0, 0.05) is 12.5 Å². The van der Waals surface area contributed by atoms with Gasteiger partial charge in [-0.05, 0) is 36.1 Å². The second kappa shape index (κ2) is 5.64. The number of carboxylic acid groups (broad SMARTS) is 1. The summed E-state index contributed by atoms with van der Waals surface area (Å²) in [7, 11) is 0. The van der Waals surface area contributed by atoms with Crippen LogP contribution in [0.5, 0.6) is 0 Å². The van der Waals surface area contributed by atoms with Crippen molar-refractivity contribution >= 4 is 11.9 Å². The molecule has 0 spiro atoms. The fourth-order valence-electron chi connectivity index (χ4n) is 2.84. The molecule has 7 heteroatoms. The lowest BCUT2D eigenvalue weighted by atomic mass is 10.1. The molecule has 22 heavy (non-hydrogen) atoms. The van der Waals surface area contributed by atoms with E-state index in [1.54, 1.807) is 0 Å². The van der Waals surface area contributed by atoms with Crippen LogP contribution in [0, 0.1) is 17.6 Å². The smallest absolute Gasteiger partial charge is 0.334 e. The summed E-state index contributed by atoms with van der Waals surface area (Å²) in [6, 6.07) is 3.21. The Bertz CT molecular complexity index is 622. The zero-order valence-electron chi connectivity index (χ0n) is 11.7. The highest BCUT2D eigenvalue weighted by Gasteiger charge is 2.48. The molecular weight excluding hydrogens is 296 g/mol. The van der Waals surface area contributed by atoms with E-state index in [2.05, 4.69) is 0 Å². The van der Waals surface area contributed by atoms with Crippen LogP contribution in [0.25, 0.3) is 0 Å². The predicted octanol–water partition coefficient (Wildman–Crippen LogP) is 1.38. The summed E-state index contributed by atoms with van der Waals surface area (Å²) in [6.07, 6.45) is -0.574. The minimum Gasteiger partial charge on any atom is -0.479 e. The predicted molar refractivity (Wildman–Crippen MR) is 71.2 cm³/mol. The van der Waals surface area contributed by atoms with Gasteiger partial charge in [0.25, 0.3) is 0 Å². The number of ether oxygens (including phenoxy) is 1. The largest absolute Gasteiger partial charge is 0.479 e. The van der Waals surface area contributed by atoms with Gasteiger partial charge in [0.2, 0.25) is 5.91 Å². The zero-order valence-corrected chi connectivity index (χ0v) is 11.7. The normalized spacial score (nSPS) is 27.5. The number of aliphatic carboxylic acids is 1. The van der Waals surface area contributed by atoms with Gasteiger partial charge in [0.15, 0.2) is 6.10 Å². The highest BCUT2D eigenvalue weighted by atomic mass is 19.1. The summed E-state index contributed by atoms with van der Waals surface area (Å²) in [5.41, 5.74) is 0.210. The van der Waals surface area contributed by atoms with Crippen LogP contribution in [-0.4, -0.2) is 47.7 Å². The molecule has 1 saturated heterocycles. The van der Waals surface area contributed by atoms with E-state index in [0.717, 1.165) is 18.2 Å². The first-order chi connectivity index (χ1) is 10.5. The molecule has 3 atom stereocenters. The van der Waals surface area contributed by atoms with Crippen LogP contribution in [0.1, 0.15) is 17.9 Å². The standard InChI is InChI=1S/C15H15F2NO4/c16-8-1-2-12(17)10(5-8)9-6-11(9)14(19)18-3-4-22-13(7-18)15(20)21/h1-2,5,9,11,13H,3-4,6-7H2,(H,20,21)/t9-,11-,13+/m1/s1. The molecule has 3 rings (SSSR count). The second-order valence-corrected chi connectivity index (χ2v) is 5.60. The van der Waals surface area contributed by atoms with Gasteiger partial charge in [-0.25, -0.2) is 13.6 Å². The third-order valence-electron chi connectivity index (χ3n) is 4.12. The number of hydrogen-bond donors (Lipinski definition) is 1. The first kappa shape index (κ1) is 14.9. The number of carbonyl (C=O) groups excluding carboxylic acids is 1. The topological polar surface area (TPSA) is 66.8 Å². The molecule has 2 fully saturated rings. The van der Waals surface area contributed by atoms with Gasteiger partial charge in [0.05, 0.1) is 13.2 Å². The van der Waals surface area contributed by atoms with E-state index in [9.17, 15) is 18.4 Å². The molecule has 1 N–H and O–H groups in total. The lowest BCUT2D eigenvalue weighted by Crippen LogP contribution is -2.49. The Morgan fingerprint density at radius 2 is 2.09 bits per heavy atom. The fraction of sp³-hybridized carbons (Fsp3) is 0.467. The van der Waals surface area contributed by atoms with Gasteiger partial charge in [-0.1, -0.05) is 0 Å². The number of rotatable bonds is 3. The molecule has 1 saturated carbocycles. The minimum absolute atomic E-state index is 0.0109. The minimum atomic E-state index is -1.11. The highest BCUT2D eigenvalue weighted by Crippen LogP contribution is 2.49. The van der Waals surface area contributed by atoms with Crippen LogP contribution in [-0.2, 0) is 14.3 Å². The van der Waals surface area contributed by atoms with Crippen molar-refractivity contribution in [3.63, 3.8) is 0 Å². The summed E-state index contributed by atoms with van der Waals surface area (Å²) < 4.78 is 32.0.